The molecule has 2 aromatic heterocycles. The largest absolute Gasteiger partial charge is 0.384 e. The minimum absolute atomic E-state index is 0.271. The lowest BCUT2D eigenvalue weighted by Crippen LogP contribution is -2.22. The van der Waals surface area contributed by atoms with Crippen molar-refractivity contribution in [2.75, 3.05) is 5.73 Å². The number of nitrogens with one attached hydrogen (secondary N) is 1. The van der Waals surface area contributed by atoms with Gasteiger partial charge in [-0.3, -0.25) is 4.79 Å². The lowest BCUT2D eigenvalue weighted by Gasteiger charge is -2.02. The highest BCUT2D eigenvalue weighted by Gasteiger charge is 2.13. The van der Waals surface area contributed by atoms with Gasteiger partial charge >= 0.3 is 0 Å². The number of nitrogen functional groups attached to an aromatic ring is 1. The number of thioether (sulfide) groups is 1. The van der Waals surface area contributed by atoms with E-state index in [0.717, 1.165) is 11.3 Å². The zero-order valence-corrected chi connectivity index (χ0v) is 15.4. The normalized spacial score (nSPS) is 10.7. The standard InChI is InChI=1S/C16H15FN6OS2/c1-9-6-12(18)21-16(20-9)25-8-13-22-23-15(26-13)14(24)19-7-10-2-4-11(17)5-3-10/h2-6H,7-8H2,1H3,(H,19,24)(H2,18,20,21). The van der Waals surface area contributed by atoms with Crippen molar-refractivity contribution in [2.45, 2.75) is 24.4 Å². The maximum Gasteiger partial charge on any atom is 0.282 e. The number of nitrogens with zero attached hydrogens (tertiary/aromatic N) is 4. The van der Waals surface area contributed by atoms with Crippen molar-refractivity contribution in [1.29, 1.82) is 0 Å². The van der Waals surface area contributed by atoms with Crippen molar-refractivity contribution in [3.8, 4) is 0 Å². The van der Waals surface area contributed by atoms with Gasteiger partial charge in [-0.1, -0.05) is 35.2 Å². The van der Waals surface area contributed by atoms with Crippen LogP contribution in [-0.2, 0) is 12.3 Å². The molecule has 1 aromatic carbocycles. The molecule has 0 spiro atoms. The SMILES string of the molecule is Cc1cc(N)nc(SCc2nnc(C(=O)NCc3ccc(F)cc3)s2)n1. The van der Waals surface area contributed by atoms with Gasteiger partial charge in [-0.2, -0.15) is 0 Å². The van der Waals surface area contributed by atoms with Crippen LogP contribution in [0.1, 0.15) is 26.1 Å². The minimum Gasteiger partial charge on any atom is -0.384 e. The third-order valence-corrected chi connectivity index (χ3v) is 5.17. The third-order valence-electron chi connectivity index (χ3n) is 3.21. The van der Waals surface area contributed by atoms with E-state index in [-0.39, 0.29) is 16.7 Å². The van der Waals surface area contributed by atoms with Crippen molar-refractivity contribution in [2.24, 2.45) is 0 Å². The number of carbonyl (C=O) groups excluding carboxylic acids is 1. The second-order valence-electron chi connectivity index (χ2n) is 5.32. The number of aromatic nitrogens is 4. The molecule has 0 unspecified atom stereocenters. The van der Waals surface area contributed by atoms with Gasteiger partial charge in [0.2, 0.25) is 5.01 Å². The molecule has 7 nitrogen and oxygen atoms in total. The highest BCUT2D eigenvalue weighted by Crippen LogP contribution is 2.22. The molecule has 0 aliphatic heterocycles. The molecule has 0 aliphatic rings. The molecule has 26 heavy (non-hydrogen) atoms. The van der Waals surface area contributed by atoms with E-state index in [1.165, 1.54) is 35.2 Å². The molecule has 134 valence electrons. The Bertz CT molecular complexity index is 895. The summed E-state index contributed by atoms with van der Waals surface area (Å²) in [5.74, 6) is 0.272. The first kappa shape index (κ1) is 18.2. The first-order valence-corrected chi connectivity index (χ1v) is 9.39. The molecule has 0 atom stereocenters. The monoisotopic (exact) mass is 390 g/mol. The highest BCUT2D eigenvalue weighted by atomic mass is 32.2. The van der Waals surface area contributed by atoms with Crippen LogP contribution >= 0.6 is 23.1 Å². The van der Waals surface area contributed by atoms with Crippen LogP contribution in [0, 0.1) is 12.7 Å². The lowest BCUT2D eigenvalue weighted by molar-refractivity contribution is 0.0950. The molecule has 3 rings (SSSR count). The number of hydrogen-bond donors (Lipinski definition) is 2. The van der Waals surface area contributed by atoms with E-state index in [1.807, 2.05) is 6.92 Å². The minimum atomic E-state index is -0.320. The summed E-state index contributed by atoms with van der Waals surface area (Å²) in [6.07, 6.45) is 0. The van der Waals surface area contributed by atoms with Gasteiger partial charge < -0.3 is 11.1 Å². The van der Waals surface area contributed by atoms with Crippen molar-refractivity contribution >= 4 is 34.8 Å². The van der Waals surface area contributed by atoms with E-state index in [2.05, 4.69) is 25.5 Å². The summed E-state index contributed by atoms with van der Waals surface area (Å²) in [7, 11) is 0. The summed E-state index contributed by atoms with van der Waals surface area (Å²) >= 11 is 2.58. The number of halogens is 1. The molecule has 10 heteroatoms. The van der Waals surface area contributed by atoms with Gasteiger partial charge in [0.15, 0.2) is 5.16 Å². The van der Waals surface area contributed by atoms with Gasteiger partial charge in [0, 0.05) is 18.3 Å². The maximum atomic E-state index is 12.9. The van der Waals surface area contributed by atoms with Crippen molar-refractivity contribution in [1.82, 2.24) is 25.5 Å². The van der Waals surface area contributed by atoms with Crippen LogP contribution in [0.2, 0.25) is 0 Å². The molecule has 0 saturated heterocycles. The van der Waals surface area contributed by atoms with Crippen molar-refractivity contribution in [3.05, 3.63) is 57.4 Å². The van der Waals surface area contributed by atoms with Crippen LogP contribution in [0.4, 0.5) is 10.2 Å². The summed E-state index contributed by atoms with van der Waals surface area (Å²) in [5, 5.41) is 12.2. The highest BCUT2D eigenvalue weighted by molar-refractivity contribution is 7.98. The first-order chi connectivity index (χ1) is 12.5. The molecule has 0 saturated carbocycles. The molecule has 0 fully saturated rings. The Morgan fingerprint density at radius 3 is 2.77 bits per heavy atom. The second-order valence-corrected chi connectivity index (χ2v) is 7.32. The number of amides is 1. The fraction of sp³-hybridized carbons (Fsp3) is 0.188. The van der Waals surface area contributed by atoms with E-state index in [9.17, 15) is 9.18 Å². The number of rotatable bonds is 6. The number of anilines is 1. The van der Waals surface area contributed by atoms with Crippen LogP contribution in [0.15, 0.2) is 35.5 Å². The molecule has 2 heterocycles. The fourth-order valence-corrected chi connectivity index (χ4v) is 3.67. The van der Waals surface area contributed by atoms with Gasteiger partial charge in [-0.05, 0) is 24.6 Å². The summed E-state index contributed by atoms with van der Waals surface area (Å²) in [6, 6.07) is 7.62. The Kier molecular flexibility index (Phi) is 5.74. The van der Waals surface area contributed by atoms with Gasteiger partial charge in [-0.15, -0.1) is 10.2 Å². The molecule has 0 bridgehead atoms. The second kappa shape index (κ2) is 8.19. The van der Waals surface area contributed by atoms with Gasteiger partial charge in [0.05, 0.1) is 5.75 Å². The van der Waals surface area contributed by atoms with Crippen LogP contribution in [0.5, 0.6) is 0 Å². The zero-order chi connectivity index (χ0) is 18.5. The predicted octanol–water partition coefficient (Wildman–Crippen LogP) is 2.58. The number of hydrogen-bond acceptors (Lipinski definition) is 8. The Morgan fingerprint density at radius 2 is 2.04 bits per heavy atom. The Balaban J connectivity index is 1.54. The Morgan fingerprint density at radius 1 is 1.27 bits per heavy atom. The molecular weight excluding hydrogens is 375 g/mol. The van der Waals surface area contributed by atoms with E-state index in [4.69, 9.17) is 5.73 Å². The quantitative estimate of drug-likeness (QED) is 0.492. The number of benzene rings is 1. The molecule has 1 amide bonds. The van der Waals surface area contributed by atoms with E-state index < -0.39 is 0 Å². The average Bonchev–Trinajstić information content (AvgIpc) is 3.07. The first-order valence-electron chi connectivity index (χ1n) is 7.58. The molecule has 3 N–H and O–H groups in total. The van der Waals surface area contributed by atoms with Crippen molar-refractivity contribution in [3.63, 3.8) is 0 Å². The Hall–Kier alpha value is -2.59. The zero-order valence-electron chi connectivity index (χ0n) is 13.8. The average molecular weight is 390 g/mol. The summed E-state index contributed by atoms with van der Waals surface area (Å²) in [4.78, 5) is 20.6. The molecule has 3 aromatic rings. The fourth-order valence-electron chi connectivity index (χ4n) is 2.02. The molecule has 0 aliphatic carbocycles. The predicted molar refractivity (Wildman–Crippen MR) is 98.2 cm³/mol. The van der Waals surface area contributed by atoms with Gasteiger partial charge in [-0.25, -0.2) is 14.4 Å². The van der Waals surface area contributed by atoms with E-state index in [1.54, 1.807) is 18.2 Å². The number of aryl methyl sites for hydroxylation is 1. The summed E-state index contributed by atoms with van der Waals surface area (Å²) in [6.45, 7) is 2.13. The van der Waals surface area contributed by atoms with Crippen LogP contribution in [-0.4, -0.2) is 26.1 Å². The summed E-state index contributed by atoms with van der Waals surface area (Å²) in [5.41, 5.74) is 7.29. The van der Waals surface area contributed by atoms with E-state index in [0.29, 0.717) is 28.3 Å². The van der Waals surface area contributed by atoms with E-state index >= 15 is 0 Å². The Labute approximate surface area is 157 Å². The number of nitrogens with two attached hydrogens (primary N) is 1. The van der Waals surface area contributed by atoms with Crippen LogP contribution in [0.25, 0.3) is 0 Å². The summed E-state index contributed by atoms with van der Waals surface area (Å²) < 4.78 is 12.9. The topological polar surface area (TPSA) is 107 Å². The third kappa shape index (κ3) is 4.96. The molecule has 0 radical (unpaired) electrons. The van der Waals surface area contributed by atoms with Crippen LogP contribution < -0.4 is 11.1 Å². The van der Waals surface area contributed by atoms with Gasteiger partial charge in [0.25, 0.3) is 5.91 Å². The molecular formula is C16H15FN6OS2. The lowest BCUT2D eigenvalue weighted by atomic mass is 10.2. The maximum absolute atomic E-state index is 12.9. The van der Waals surface area contributed by atoms with Gasteiger partial charge in [0.1, 0.15) is 16.6 Å². The smallest absolute Gasteiger partial charge is 0.282 e. The number of carbonyl (C=O) groups is 1. The van der Waals surface area contributed by atoms with Crippen LogP contribution in [0.3, 0.4) is 0 Å². The van der Waals surface area contributed by atoms with Crippen molar-refractivity contribution < 1.29 is 9.18 Å².